The molecule has 1 aromatic heterocycles. The zero-order valence-electron chi connectivity index (χ0n) is 13.6. The maximum atomic E-state index is 12.2. The van der Waals surface area contributed by atoms with Gasteiger partial charge in [-0.05, 0) is 26.0 Å². The number of hydrogen-bond donors (Lipinski definition) is 1. The lowest BCUT2D eigenvalue weighted by Crippen LogP contribution is -2.19. The van der Waals surface area contributed by atoms with Crippen molar-refractivity contribution in [3.8, 4) is 5.75 Å². The normalized spacial score (nSPS) is 11.6. The largest absolute Gasteiger partial charge is 0.484 e. The van der Waals surface area contributed by atoms with Crippen molar-refractivity contribution in [2.24, 2.45) is 0 Å². The highest BCUT2D eigenvalue weighted by atomic mass is 32.2. The number of hydrogen-bond acceptors (Lipinski definition) is 5. The standard InChI is InChI=1S/C15H17F3N4O2S/c1-10(2)22-9-19-21-14(22)25-7-13(23)20-11-4-3-5-12(6-11)24-8-15(16,17)18/h3-6,9-10H,7-8H2,1-2H3,(H,20,23). The van der Waals surface area contributed by atoms with Crippen LogP contribution in [0.2, 0.25) is 0 Å². The highest BCUT2D eigenvalue weighted by Crippen LogP contribution is 2.22. The van der Waals surface area contributed by atoms with Crippen molar-refractivity contribution in [2.45, 2.75) is 31.2 Å². The van der Waals surface area contributed by atoms with Crippen molar-refractivity contribution in [1.29, 1.82) is 0 Å². The molecule has 1 heterocycles. The molecule has 136 valence electrons. The van der Waals surface area contributed by atoms with Gasteiger partial charge in [0.05, 0.1) is 5.75 Å². The molecule has 0 unspecified atom stereocenters. The van der Waals surface area contributed by atoms with Crippen LogP contribution in [-0.2, 0) is 4.79 Å². The number of nitrogens with zero attached hydrogens (tertiary/aromatic N) is 3. The van der Waals surface area contributed by atoms with Gasteiger partial charge in [0.15, 0.2) is 11.8 Å². The van der Waals surface area contributed by atoms with Gasteiger partial charge in [-0.3, -0.25) is 4.79 Å². The first-order valence-electron chi connectivity index (χ1n) is 7.36. The Morgan fingerprint density at radius 3 is 2.84 bits per heavy atom. The molecule has 0 saturated heterocycles. The number of nitrogens with one attached hydrogen (secondary N) is 1. The minimum atomic E-state index is -4.41. The van der Waals surface area contributed by atoms with E-state index >= 15 is 0 Å². The Morgan fingerprint density at radius 2 is 2.16 bits per heavy atom. The minimum Gasteiger partial charge on any atom is -0.484 e. The van der Waals surface area contributed by atoms with Crippen LogP contribution in [0.1, 0.15) is 19.9 Å². The van der Waals surface area contributed by atoms with Crippen LogP contribution in [0.5, 0.6) is 5.75 Å². The third-order valence-corrected chi connectivity index (χ3v) is 3.91. The molecule has 1 aromatic carbocycles. The summed E-state index contributed by atoms with van der Waals surface area (Å²) in [5.74, 6) is -0.183. The Morgan fingerprint density at radius 1 is 1.40 bits per heavy atom. The summed E-state index contributed by atoms with van der Waals surface area (Å²) in [7, 11) is 0. The van der Waals surface area contributed by atoms with Gasteiger partial charge >= 0.3 is 6.18 Å². The molecule has 2 rings (SSSR count). The number of benzene rings is 1. The predicted molar refractivity (Wildman–Crippen MR) is 87.8 cm³/mol. The smallest absolute Gasteiger partial charge is 0.422 e. The van der Waals surface area contributed by atoms with Gasteiger partial charge in [0.1, 0.15) is 12.1 Å². The number of amides is 1. The van der Waals surface area contributed by atoms with Gasteiger partial charge in [0.2, 0.25) is 5.91 Å². The first-order chi connectivity index (χ1) is 11.7. The molecule has 1 amide bonds. The third-order valence-electron chi connectivity index (χ3n) is 2.95. The van der Waals surface area contributed by atoms with Gasteiger partial charge < -0.3 is 14.6 Å². The highest BCUT2D eigenvalue weighted by molar-refractivity contribution is 7.99. The summed E-state index contributed by atoms with van der Waals surface area (Å²) in [5.41, 5.74) is 0.357. The fraction of sp³-hybridized carbons (Fsp3) is 0.400. The fourth-order valence-corrected chi connectivity index (χ4v) is 2.69. The first kappa shape index (κ1) is 19.1. The van der Waals surface area contributed by atoms with Crippen LogP contribution in [0, 0.1) is 0 Å². The third kappa shape index (κ3) is 6.29. The SMILES string of the molecule is CC(C)n1cnnc1SCC(=O)Nc1cccc(OCC(F)(F)F)c1. The van der Waals surface area contributed by atoms with Gasteiger partial charge in [-0.2, -0.15) is 13.2 Å². The Hall–Kier alpha value is -2.23. The number of ether oxygens (including phenoxy) is 1. The Bertz CT molecular complexity index is 719. The van der Waals surface area contributed by atoms with Crippen molar-refractivity contribution >= 4 is 23.4 Å². The summed E-state index contributed by atoms with van der Waals surface area (Å²) >= 11 is 1.22. The summed E-state index contributed by atoms with van der Waals surface area (Å²) < 4.78 is 43.0. The van der Waals surface area contributed by atoms with Crippen LogP contribution >= 0.6 is 11.8 Å². The van der Waals surface area contributed by atoms with E-state index in [1.165, 1.54) is 30.0 Å². The van der Waals surface area contributed by atoms with E-state index in [1.807, 2.05) is 18.4 Å². The van der Waals surface area contributed by atoms with E-state index in [2.05, 4.69) is 20.3 Å². The van der Waals surface area contributed by atoms with Gasteiger partial charge in [0, 0.05) is 17.8 Å². The van der Waals surface area contributed by atoms with Crippen molar-refractivity contribution < 1.29 is 22.7 Å². The van der Waals surface area contributed by atoms with Crippen LogP contribution in [0.25, 0.3) is 0 Å². The molecule has 2 aromatic rings. The Balaban J connectivity index is 1.89. The molecule has 0 aliphatic rings. The number of carbonyl (C=O) groups is 1. The molecule has 0 fully saturated rings. The van der Waals surface area contributed by atoms with Crippen LogP contribution in [0.15, 0.2) is 35.7 Å². The molecule has 0 saturated carbocycles. The van der Waals surface area contributed by atoms with E-state index in [9.17, 15) is 18.0 Å². The van der Waals surface area contributed by atoms with Gasteiger partial charge in [-0.15, -0.1) is 10.2 Å². The quantitative estimate of drug-likeness (QED) is 0.751. The lowest BCUT2D eigenvalue weighted by Gasteiger charge is -2.11. The maximum absolute atomic E-state index is 12.2. The fourth-order valence-electron chi connectivity index (χ4n) is 1.85. The maximum Gasteiger partial charge on any atom is 0.422 e. The van der Waals surface area contributed by atoms with Crippen LogP contribution in [0.4, 0.5) is 18.9 Å². The predicted octanol–water partition coefficient (Wildman–Crippen LogP) is 3.53. The number of halogens is 3. The molecular weight excluding hydrogens is 357 g/mol. The summed E-state index contributed by atoms with van der Waals surface area (Å²) in [5, 5.41) is 11.0. The monoisotopic (exact) mass is 374 g/mol. The summed E-state index contributed by atoms with van der Waals surface area (Å²) in [6, 6.07) is 5.97. The van der Waals surface area contributed by atoms with Crippen LogP contribution in [0.3, 0.4) is 0 Å². The van der Waals surface area contributed by atoms with Crippen LogP contribution in [-0.4, -0.2) is 39.2 Å². The van der Waals surface area contributed by atoms with Crippen LogP contribution < -0.4 is 10.1 Å². The second-order valence-corrected chi connectivity index (χ2v) is 6.33. The zero-order valence-corrected chi connectivity index (χ0v) is 14.4. The van der Waals surface area contributed by atoms with E-state index in [1.54, 1.807) is 12.4 Å². The second-order valence-electron chi connectivity index (χ2n) is 5.38. The molecule has 1 N–H and O–H groups in total. The lowest BCUT2D eigenvalue weighted by atomic mass is 10.3. The van der Waals surface area contributed by atoms with E-state index in [0.29, 0.717) is 10.8 Å². The molecule has 25 heavy (non-hydrogen) atoms. The number of anilines is 1. The molecule has 0 atom stereocenters. The number of thioether (sulfide) groups is 1. The number of carbonyl (C=O) groups excluding carboxylic acids is 1. The van der Waals surface area contributed by atoms with E-state index < -0.39 is 12.8 Å². The van der Waals surface area contributed by atoms with Crippen molar-refractivity contribution in [1.82, 2.24) is 14.8 Å². The summed E-state index contributed by atoms with van der Waals surface area (Å²) in [4.78, 5) is 12.0. The lowest BCUT2D eigenvalue weighted by molar-refractivity contribution is -0.153. The molecule has 6 nitrogen and oxygen atoms in total. The van der Waals surface area contributed by atoms with Gasteiger partial charge in [-0.25, -0.2) is 0 Å². The molecule has 0 radical (unpaired) electrons. The van der Waals surface area contributed by atoms with Crippen molar-refractivity contribution in [2.75, 3.05) is 17.7 Å². The van der Waals surface area contributed by atoms with E-state index in [4.69, 9.17) is 0 Å². The topological polar surface area (TPSA) is 69.0 Å². The molecular formula is C15H17F3N4O2S. The second kappa shape index (κ2) is 8.24. The Labute approximate surface area is 146 Å². The van der Waals surface area contributed by atoms with Crippen molar-refractivity contribution in [3.05, 3.63) is 30.6 Å². The highest BCUT2D eigenvalue weighted by Gasteiger charge is 2.28. The Kier molecular flexibility index (Phi) is 6.29. The average molecular weight is 374 g/mol. The van der Waals surface area contributed by atoms with E-state index in [0.717, 1.165) is 0 Å². The molecule has 10 heteroatoms. The van der Waals surface area contributed by atoms with Crippen molar-refractivity contribution in [3.63, 3.8) is 0 Å². The first-order valence-corrected chi connectivity index (χ1v) is 8.35. The number of rotatable bonds is 7. The zero-order chi connectivity index (χ0) is 18.4. The molecule has 0 aliphatic carbocycles. The average Bonchev–Trinajstić information content (AvgIpc) is 2.99. The molecule has 0 aliphatic heterocycles. The van der Waals surface area contributed by atoms with Gasteiger partial charge in [-0.1, -0.05) is 17.8 Å². The number of aromatic nitrogens is 3. The minimum absolute atomic E-state index is 0.0299. The molecule has 0 spiro atoms. The molecule has 0 bridgehead atoms. The van der Waals surface area contributed by atoms with E-state index in [-0.39, 0.29) is 23.5 Å². The number of alkyl halides is 3. The van der Waals surface area contributed by atoms with Gasteiger partial charge in [0.25, 0.3) is 0 Å². The summed E-state index contributed by atoms with van der Waals surface area (Å²) in [6.45, 7) is 2.56. The summed E-state index contributed by atoms with van der Waals surface area (Å²) in [6.07, 6.45) is -2.82.